The van der Waals surface area contributed by atoms with E-state index in [0.29, 0.717) is 12.5 Å². The summed E-state index contributed by atoms with van der Waals surface area (Å²) in [4.78, 5) is 16.0. The molecule has 1 amide bonds. The summed E-state index contributed by atoms with van der Waals surface area (Å²) in [5.41, 5.74) is 8.65. The molecule has 1 fully saturated rings. The molecule has 5 nitrogen and oxygen atoms in total. The zero-order valence-electron chi connectivity index (χ0n) is 12.1. The lowest BCUT2D eigenvalue weighted by Gasteiger charge is -2.09. The van der Waals surface area contributed by atoms with E-state index in [-0.39, 0.29) is 5.91 Å². The predicted octanol–water partition coefficient (Wildman–Crippen LogP) is 2.66. The van der Waals surface area contributed by atoms with Gasteiger partial charge in [0.25, 0.3) is 0 Å². The van der Waals surface area contributed by atoms with Crippen LogP contribution in [0.25, 0.3) is 10.2 Å². The number of hydrogen-bond donors (Lipinski definition) is 3. The van der Waals surface area contributed by atoms with Crippen LogP contribution in [0.5, 0.6) is 0 Å². The Morgan fingerprint density at radius 3 is 3.05 bits per heavy atom. The fourth-order valence-electron chi connectivity index (χ4n) is 2.26. The van der Waals surface area contributed by atoms with Gasteiger partial charge in [-0.3, -0.25) is 4.79 Å². The summed E-state index contributed by atoms with van der Waals surface area (Å²) in [5, 5.41) is 7.33. The Hall–Kier alpha value is -1.82. The first-order valence-electron chi connectivity index (χ1n) is 7.32. The molecule has 1 aliphatic carbocycles. The molecule has 0 unspecified atom stereocenters. The van der Waals surface area contributed by atoms with Gasteiger partial charge in [0.2, 0.25) is 5.91 Å². The van der Waals surface area contributed by atoms with Crippen molar-refractivity contribution < 1.29 is 4.79 Å². The molecule has 3 rings (SSSR count). The van der Waals surface area contributed by atoms with Gasteiger partial charge in [0, 0.05) is 19.0 Å². The van der Waals surface area contributed by atoms with E-state index in [0.717, 1.165) is 52.4 Å². The zero-order valence-corrected chi connectivity index (χ0v) is 12.9. The standard InChI is InChI=1S/C15H20N4OS/c1-9-18-13-8-12(11(16)7-14(13)21-9)17-6-2-3-15(20)19-10-4-5-10/h7-8,10,17H,2-6,16H2,1H3,(H,19,20). The van der Waals surface area contributed by atoms with E-state index in [9.17, 15) is 4.79 Å². The quantitative estimate of drug-likeness (QED) is 0.566. The predicted molar refractivity (Wildman–Crippen MR) is 87.7 cm³/mol. The van der Waals surface area contributed by atoms with E-state index in [4.69, 9.17) is 5.73 Å². The molecule has 2 aromatic rings. The van der Waals surface area contributed by atoms with Crippen LogP contribution in [0.4, 0.5) is 11.4 Å². The molecule has 0 radical (unpaired) electrons. The van der Waals surface area contributed by atoms with Crippen molar-refractivity contribution in [3.63, 3.8) is 0 Å². The van der Waals surface area contributed by atoms with Crippen LogP contribution in [0.2, 0.25) is 0 Å². The van der Waals surface area contributed by atoms with Gasteiger partial charge in [-0.2, -0.15) is 0 Å². The van der Waals surface area contributed by atoms with E-state index in [1.54, 1.807) is 11.3 Å². The van der Waals surface area contributed by atoms with Crippen LogP contribution >= 0.6 is 11.3 Å². The number of benzene rings is 1. The third-order valence-corrected chi connectivity index (χ3v) is 4.44. The molecular weight excluding hydrogens is 284 g/mol. The van der Waals surface area contributed by atoms with Gasteiger partial charge in [-0.1, -0.05) is 0 Å². The maximum Gasteiger partial charge on any atom is 0.220 e. The van der Waals surface area contributed by atoms with Gasteiger partial charge in [0.05, 0.1) is 26.6 Å². The number of amides is 1. The summed E-state index contributed by atoms with van der Waals surface area (Å²) in [6, 6.07) is 4.39. The number of carbonyl (C=O) groups is 1. The summed E-state index contributed by atoms with van der Waals surface area (Å²) < 4.78 is 1.11. The van der Waals surface area contributed by atoms with Gasteiger partial charge < -0.3 is 16.4 Å². The molecule has 6 heteroatoms. The molecule has 4 N–H and O–H groups in total. The lowest BCUT2D eigenvalue weighted by Crippen LogP contribution is -2.25. The second-order valence-corrected chi connectivity index (χ2v) is 6.75. The van der Waals surface area contributed by atoms with E-state index in [1.165, 1.54) is 0 Å². The molecule has 1 heterocycles. The Labute approximate surface area is 127 Å². The Morgan fingerprint density at radius 2 is 2.29 bits per heavy atom. The maximum absolute atomic E-state index is 11.6. The lowest BCUT2D eigenvalue weighted by molar-refractivity contribution is -0.121. The monoisotopic (exact) mass is 304 g/mol. The first-order chi connectivity index (χ1) is 10.1. The van der Waals surface area contributed by atoms with Crippen LogP contribution in [0.1, 0.15) is 30.7 Å². The summed E-state index contributed by atoms with van der Waals surface area (Å²) >= 11 is 1.65. The number of thiazole rings is 1. The molecule has 1 aliphatic rings. The molecule has 0 spiro atoms. The topological polar surface area (TPSA) is 80.0 Å². The summed E-state index contributed by atoms with van der Waals surface area (Å²) in [7, 11) is 0. The average Bonchev–Trinajstić information content (AvgIpc) is 3.15. The Balaban J connectivity index is 1.52. The average molecular weight is 304 g/mol. The molecule has 0 aliphatic heterocycles. The first kappa shape index (κ1) is 14.1. The van der Waals surface area contributed by atoms with E-state index >= 15 is 0 Å². The largest absolute Gasteiger partial charge is 0.397 e. The highest BCUT2D eigenvalue weighted by atomic mass is 32.1. The highest BCUT2D eigenvalue weighted by molar-refractivity contribution is 7.18. The van der Waals surface area contributed by atoms with E-state index in [2.05, 4.69) is 15.6 Å². The van der Waals surface area contributed by atoms with Crippen LogP contribution in [-0.4, -0.2) is 23.5 Å². The minimum Gasteiger partial charge on any atom is -0.397 e. The number of nitrogen functional groups attached to an aromatic ring is 1. The number of aromatic nitrogens is 1. The molecule has 0 saturated heterocycles. The summed E-state index contributed by atoms with van der Waals surface area (Å²) in [6.45, 7) is 2.73. The Kier molecular flexibility index (Phi) is 3.96. The van der Waals surface area contributed by atoms with E-state index < -0.39 is 0 Å². The van der Waals surface area contributed by atoms with Gasteiger partial charge in [-0.25, -0.2) is 4.98 Å². The number of hydrogen-bond acceptors (Lipinski definition) is 5. The Morgan fingerprint density at radius 1 is 1.48 bits per heavy atom. The minimum atomic E-state index is 0.151. The van der Waals surface area contributed by atoms with Crippen LogP contribution < -0.4 is 16.4 Å². The maximum atomic E-state index is 11.6. The molecule has 112 valence electrons. The van der Waals surface area contributed by atoms with Gasteiger partial charge in [0.1, 0.15) is 0 Å². The van der Waals surface area contributed by atoms with E-state index in [1.807, 2.05) is 19.1 Å². The van der Waals surface area contributed by atoms with Crippen molar-refractivity contribution in [3.8, 4) is 0 Å². The molecular formula is C15H20N4OS. The molecule has 0 bridgehead atoms. The number of fused-ring (bicyclic) bond motifs is 1. The molecule has 1 aromatic carbocycles. The fraction of sp³-hybridized carbons (Fsp3) is 0.467. The van der Waals surface area contributed by atoms with Crippen molar-refractivity contribution in [1.82, 2.24) is 10.3 Å². The number of nitrogens with one attached hydrogen (secondary N) is 2. The van der Waals surface area contributed by atoms with Crippen molar-refractivity contribution >= 4 is 38.8 Å². The lowest BCUT2D eigenvalue weighted by atomic mass is 10.2. The van der Waals surface area contributed by atoms with Crippen LogP contribution in [0.15, 0.2) is 12.1 Å². The number of aryl methyl sites for hydroxylation is 1. The second kappa shape index (κ2) is 5.89. The van der Waals surface area contributed by atoms with Crippen molar-refractivity contribution in [3.05, 3.63) is 17.1 Å². The fourth-order valence-corrected chi connectivity index (χ4v) is 3.11. The third kappa shape index (κ3) is 3.64. The van der Waals surface area contributed by atoms with Crippen LogP contribution in [0, 0.1) is 6.92 Å². The van der Waals surface area contributed by atoms with Gasteiger partial charge >= 0.3 is 0 Å². The van der Waals surface area contributed by atoms with Crippen molar-refractivity contribution in [2.75, 3.05) is 17.6 Å². The number of anilines is 2. The molecule has 21 heavy (non-hydrogen) atoms. The summed E-state index contributed by atoms with van der Waals surface area (Å²) in [5.74, 6) is 0.151. The number of carbonyl (C=O) groups excluding carboxylic acids is 1. The SMILES string of the molecule is Cc1nc2cc(NCCCC(=O)NC3CC3)c(N)cc2s1. The van der Waals surface area contributed by atoms with Crippen molar-refractivity contribution in [2.24, 2.45) is 0 Å². The molecule has 1 aromatic heterocycles. The molecule has 1 saturated carbocycles. The third-order valence-electron chi connectivity index (χ3n) is 3.51. The number of rotatable bonds is 6. The normalized spacial score (nSPS) is 14.3. The first-order valence-corrected chi connectivity index (χ1v) is 8.13. The zero-order chi connectivity index (χ0) is 14.8. The van der Waals surface area contributed by atoms with Crippen molar-refractivity contribution in [1.29, 1.82) is 0 Å². The Bertz CT molecular complexity index is 663. The highest BCUT2D eigenvalue weighted by Gasteiger charge is 2.22. The van der Waals surface area contributed by atoms with Gasteiger partial charge in [-0.05, 0) is 38.3 Å². The number of nitrogens with two attached hydrogens (primary N) is 1. The highest BCUT2D eigenvalue weighted by Crippen LogP contribution is 2.29. The molecule has 0 atom stereocenters. The smallest absolute Gasteiger partial charge is 0.220 e. The van der Waals surface area contributed by atoms with Crippen LogP contribution in [0.3, 0.4) is 0 Å². The van der Waals surface area contributed by atoms with Gasteiger partial charge in [0.15, 0.2) is 0 Å². The summed E-state index contributed by atoms with van der Waals surface area (Å²) in [6.07, 6.45) is 3.62. The number of nitrogens with zero attached hydrogens (tertiary/aromatic N) is 1. The van der Waals surface area contributed by atoms with Crippen LogP contribution in [-0.2, 0) is 4.79 Å². The van der Waals surface area contributed by atoms with Gasteiger partial charge in [-0.15, -0.1) is 11.3 Å². The van der Waals surface area contributed by atoms with Crippen molar-refractivity contribution in [2.45, 2.75) is 38.6 Å². The second-order valence-electron chi connectivity index (χ2n) is 5.51. The minimum absolute atomic E-state index is 0.151.